The van der Waals surface area contributed by atoms with Crippen molar-refractivity contribution in [1.29, 1.82) is 0 Å². The van der Waals surface area contributed by atoms with Gasteiger partial charge in [-0.25, -0.2) is 0 Å². The van der Waals surface area contributed by atoms with Crippen LogP contribution in [0.15, 0.2) is 30.3 Å². The highest BCUT2D eigenvalue weighted by Gasteiger charge is 2.27. The summed E-state index contributed by atoms with van der Waals surface area (Å²) in [4.78, 5) is 0. The molecule has 0 heterocycles. The van der Waals surface area contributed by atoms with Crippen LogP contribution in [-0.2, 0) is 0 Å². The molecule has 0 spiro atoms. The topological polar surface area (TPSA) is 12.0 Å². The first kappa shape index (κ1) is 15.4. The molecule has 1 aromatic rings. The van der Waals surface area contributed by atoms with Gasteiger partial charge in [-0.15, -0.1) is 0 Å². The molecule has 0 bridgehead atoms. The second-order valence-electron chi connectivity index (χ2n) is 4.04. The van der Waals surface area contributed by atoms with Gasteiger partial charge in [-0.05, 0) is 25.5 Å². The normalized spacial score (nSPS) is 13.6. The third kappa shape index (κ3) is 6.31. The predicted octanol–water partition coefficient (Wildman–Crippen LogP) is 4.37. The second kappa shape index (κ2) is 7.69. The van der Waals surface area contributed by atoms with Gasteiger partial charge in [-0.2, -0.15) is 13.2 Å². The Balaban J connectivity index is 2.25. The molecule has 1 rings (SSSR count). The molecule has 1 unspecified atom stereocenters. The molecule has 0 aromatic heterocycles. The first-order valence-electron chi connectivity index (χ1n) is 5.96. The van der Waals surface area contributed by atoms with Crippen molar-refractivity contribution in [3.63, 3.8) is 0 Å². The third-order valence-electron chi connectivity index (χ3n) is 2.70. The largest absolute Gasteiger partial charge is 0.441 e. The van der Waals surface area contributed by atoms with Crippen molar-refractivity contribution in [3.05, 3.63) is 35.9 Å². The summed E-state index contributed by atoms with van der Waals surface area (Å²) in [7, 11) is 1.88. The third-order valence-corrected chi connectivity index (χ3v) is 3.52. The Morgan fingerprint density at radius 3 is 2.39 bits per heavy atom. The van der Waals surface area contributed by atoms with Crippen LogP contribution in [0.4, 0.5) is 13.2 Å². The predicted molar refractivity (Wildman–Crippen MR) is 70.6 cm³/mol. The van der Waals surface area contributed by atoms with E-state index in [2.05, 4.69) is 5.32 Å². The average molecular weight is 277 g/mol. The molecule has 0 aliphatic heterocycles. The van der Waals surface area contributed by atoms with Crippen LogP contribution < -0.4 is 5.32 Å². The molecule has 102 valence electrons. The van der Waals surface area contributed by atoms with Crippen molar-refractivity contribution < 1.29 is 13.2 Å². The molecule has 0 radical (unpaired) electrons. The fourth-order valence-corrected chi connectivity index (χ4v) is 2.38. The van der Waals surface area contributed by atoms with Gasteiger partial charge in [0.15, 0.2) is 0 Å². The van der Waals surface area contributed by atoms with Gasteiger partial charge in [0.05, 0.1) is 0 Å². The molecule has 0 aliphatic rings. The van der Waals surface area contributed by atoms with E-state index in [4.69, 9.17) is 0 Å². The van der Waals surface area contributed by atoms with Crippen molar-refractivity contribution in [2.45, 2.75) is 30.8 Å². The van der Waals surface area contributed by atoms with Crippen molar-refractivity contribution in [2.24, 2.45) is 0 Å². The van der Waals surface area contributed by atoms with E-state index in [0.29, 0.717) is 6.42 Å². The summed E-state index contributed by atoms with van der Waals surface area (Å²) >= 11 is 0.0682. The Kier molecular flexibility index (Phi) is 6.57. The van der Waals surface area contributed by atoms with E-state index >= 15 is 0 Å². The first-order valence-corrected chi connectivity index (χ1v) is 6.94. The molecule has 0 saturated carbocycles. The Hall–Kier alpha value is -0.680. The lowest BCUT2D eigenvalue weighted by atomic mass is 10.0. The summed E-state index contributed by atoms with van der Waals surface area (Å²) < 4.78 is 35.8. The molecule has 0 saturated heterocycles. The number of nitrogens with one attached hydrogen (secondary N) is 1. The van der Waals surface area contributed by atoms with Crippen LogP contribution in [0.2, 0.25) is 0 Å². The molecule has 1 aromatic carbocycles. The minimum atomic E-state index is -4.10. The highest BCUT2D eigenvalue weighted by atomic mass is 32.2. The van der Waals surface area contributed by atoms with Gasteiger partial charge < -0.3 is 5.32 Å². The fourth-order valence-electron chi connectivity index (χ4n) is 1.80. The molecule has 0 aliphatic carbocycles. The Labute approximate surface area is 110 Å². The molecule has 1 nitrogen and oxygen atoms in total. The molecular weight excluding hydrogens is 259 g/mol. The van der Waals surface area contributed by atoms with Crippen LogP contribution in [0.1, 0.15) is 30.9 Å². The summed E-state index contributed by atoms with van der Waals surface area (Å²) in [5, 5.41) is 3.20. The van der Waals surface area contributed by atoms with E-state index in [-0.39, 0.29) is 23.6 Å². The summed E-state index contributed by atoms with van der Waals surface area (Å²) in [6.45, 7) is 0. The Morgan fingerprint density at radius 2 is 1.83 bits per heavy atom. The summed E-state index contributed by atoms with van der Waals surface area (Å²) in [5.74, 6) is 0.148. The highest BCUT2D eigenvalue weighted by molar-refractivity contribution is 8.00. The van der Waals surface area contributed by atoms with E-state index in [1.165, 1.54) is 5.56 Å². The summed E-state index contributed by atoms with van der Waals surface area (Å²) in [5.41, 5.74) is -2.91. The van der Waals surface area contributed by atoms with E-state index in [1.807, 2.05) is 37.4 Å². The Morgan fingerprint density at radius 1 is 1.17 bits per heavy atom. The van der Waals surface area contributed by atoms with Gasteiger partial charge in [-0.3, -0.25) is 0 Å². The van der Waals surface area contributed by atoms with Crippen LogP contribution in [0.3, 0.4) is 0 Å². The van der Waals surface area contributed by atoms with Crippen molar-refractivity contribution >= 4 is 11.8 Å². The molecule has 5 heteroatoms. The smallest absolute Gasteiger partial charge is 0.313 e. The second-order valence-corrected chi connectivity index (χ2v) is 5.20. The maximum atomic E-state index is 11.9. The van der Waals surface area contributed by atoms with E-state index < -0.39 is 5.51 Å². The quantitative estimate of drug-likeness (QED) is 0.743. The molecule has 1 N–H and O–H groups in total. The first-order chi connectivity index (χ1) is 8.53. The fraction of sp³-hybridized carbons (Fsp3) is 0.538. The van der Waals surface area contributed by atoms with E-state index in [0.717, 1.165) is 12.8 Å². The molecule has 0 fully saturated rings. The number of hydrogen-bond acceptors (Lipinski definition) is 2. The van der Waals surface area contributed by atoms with Crippen LogP contribution in [0.5, 0.6) is 0 Å². The van der Waals surface area contributed by atoms with Crippen LogP contribution >= 0.6 is 11.8 Å². The number of thioether (sulfide) groups is 1. The van der Waals surface area contributed by atoms with E-state index in [9.17, 15) is 13.2 Å². The zero-order valence-electron chi connectivity index (χ0n) is 10.3. The maximum Gasteiger partial charge on any atom is 0.441 e. The number of benzene rings is 1. The van der Waals surface area contributed by atoms with Gasteiger partial charge in [-0.1, -0.05) is 48.5 Å². The number of halogens is 3. The summed E-state index contributed by atoms with van der Waals surface area (Å²) in [6, 6.07) is 10.2. The molecule has 1 atom stereocenters. The monoisotopic (exact) mass is 277 g/mol. The van der Waals surface area contributed by atoms with E-state index in [1.54, 1.807) is 0 Å². The summed E-state index contributed by atoms with van der Waals surface area (Å²) in [6.07, 6.45) is 2.25. The minimum absolute atomic E-state index is 0.0682. The highest BCUT2D eigenvalue weighted by Crippen LogP contribution is 2.31. The van der Waals surface area contributed by atoms with Crippen molar-refractivity contribution in [3.8, 4) is 0 Å². The average Bonchev–Trinajstić information content (AvgIpc) is 2.33. The van der Waals surface area contributed by atoms with Gasteiger partial charge >= 0.3 is 5.51 Å². The lowest BCUT2D eigenvalue weighted by Crippen LogP contribution is -2.16. The Bertz CT molecular complexity index is 327. The van der Waals surface area contributed by atoms with Crippen molar-refractivity contribution in [1.82, 2.24) is 5.32 Å². The minimum Gasteiger partial charge on any atom is -0.313 e. The molecule has 0 amide bonds. The molecule has 18 heavy (non-hydrogen) atoms. The van der Waals surface area contributed by atoms with Crippen molar-refractivity contribution in [2.75, 3.05) is 12.8 Å². The lowest BCUT2D eigenvalue weighted by molar-refractivity contribution is -0.0328. The lowest BCUT2D eigenvalue weighted by Gasteiger charge is -2.16. The van der Waals surface area contributed by atoms with Gasteiger partial charge in [0.2, 0.25) is 0 Å². The standard InChI is InChI=1S/C13H18F3NS/c1-17-12(11-7-3-2-4-8-11)9-5-6-10-18-13(14,15)16/h2-4,7-8,12,17H,5-6,9-10H2,1H3. The number of unbranched alkanes of at least 4 members (excludes halogenated alkanes) is 1. The number of hydrogen-bond donors (Lipinski definition) is 1. The van der Waals surface area contributed by atoms with Gasteiger partial charge in [0.25, 0.3) is 0 Å². The van der Waals surface area contributed by atoms with Crippen LogP contribution in [-0.4, -0.2) is 18.3 Å². The SMILES string of the molecule is CNC(CCCCSC(F)(F)F)c1ccccc1. The number of alkyl halides is 3. The zero-order valence-corrected chi connectivity index (χ0v) is 11.2. The maximum absolute atomic E-state index is 11.9. The zero-order chi connectivity index (χ0) is 13.4. The number of rotatable bonds is 7. The van der Waals surface area contributed by atoms with Crippen LogP contribution in [0.25, 0.3) is 0 Å². The van der Waals surface area contributed by atoms with Gasteiger partial charge in [0.1, 0.15) is 0 Å². The van der Waals surface area contributed by atoms with Crippen LogP contribution in [0, 0.1) is 0 Å². The van der Waals surface area contributed by atoms with Gasteiger partial charge in [0, 0.05) is 11.8 Å². The molecular formula is C13H18F3NS.